The summed E-state index contributed by atoms with van der Waals surface area (Å²) < 4.78 is 6.63. The van der Waals surface area contributed by atoms with Crippen LogP contribution in [0.15, 0.2) is 48.8 Å². The van der Waals surface area contributed by atoms with E-state index in [2.05, 4.69) is 5.32 Å². The van der Waals surface area contributed by atoms with Gasteiger partial charge < -0.3 is 19.7 Å². The van der Waals surface area contributed by atoms with E-state index in [4.69, 9.17) is 9.84 Å². The van der Waals surface area contributed by atoms with Crippen LogP contribution in [0.2, 0.25) is 0 Å². The number of carboxylic acid groups (broad SMARTS) is 1. The van der Waals surface area contributed by atoms with Crippen molar-refractivity contribution in [2.45, 2.75) is 0 Å². The van der Waals surface area contributed by atoms with Gasteiger partial charge >= 0.3 is 5.97 Å². The first-order valence-electron chi connectivity index (χ1n) is 5.98. The molecule has 104 valence electrons. The summed E-state index contributed by atoms with van der Waals surface area (Å²) in [6, 6.07) is 11.1. The number of carboxylic acids is 1. The summed E-state index contributed by atoms with van der Waals surface area (Å²) in [6.45, 7) is -0.781. The highest BCUT2D eigenvalue weighted by atomic mass is 16.5. The molecule has 0 atom stereocenters. The summed E-state index contributed by atoms with van der Waals surface area (Å²) in [4.78, 5) is 21.8. The van der Waals surface area contributed by atoms with Crippen molar-refractivity contribution in [1.82, 2.24) is 4.57 Å². The van der Waals surface area contributed by atoms with Crippen molar-refractivity contribution in [1.29, 1.82) is 0 Å². The summed E-state index contributed by atoms with van der Waals surface area (Å²) >= 11 is 0. The quantitative estimate of drug-likeness (QED) is 0.836. The molecular weight excluding hydrogens is 260 g/mol. The zero-order valence-electron chi connectivity index (χ0n) is 10.7. The molecule has 0 saturated carbocycles. The Labute approximate surface area is 115 Å². The van der Waals surface area contributed by atoms with Crippen LogP contribution in [0.5, 0.6) is 0 Å². The van der Waals surface area contributed by atoms with Crippen LogP contribution in [0.1, 0.15) is 0 Å². The van der Waals surface area contributed by atoms with Crippen molar-refractivity contribution >= 4 is 17.6 Å². The number of amides is 1. The van der Waals surface area contributed by atoms with Crippen LogP contribution in [0.25, 0.3) is 5.69 Å². The van der Waals surface area contributed by atoms with Gasteiger partial charge in [0.15, 0.2) is 0 Å². The van der Waals surface area contributed by atoms with Gasteiger partial charge in [-0.15, -0.1) is 0 Å². The van der Waals surface area contributed by atoms with Crippen molar-refractivity contribution in [2.75, 3.05) is 18.5 Å². The Hall–Kier alpha value is -2.60. The Kier molecular flexibility index (Phi) is 4.52. The number of anilines is 1. The van der Waals surface area contributed by atoms with Crippen LogP contribution in [0.4, 0.5) is 5.69 Å². The van der Waals surface area contributed by atoms with E-state index in [0.29, 0.717) is 5.69 Å². The molecule has 1 heterocycles. The molecule has 1 aromatic heterocycles. The lowest BCUT2D eigenvalue weighted by atomic mass is 10.2. The molecule has 20 heavy (non-hydrogen) atoms. The van der Waals surface area contributed by atoms with E-state index in [1.807, 2.05) is 47.3 Å². The Balaban J connectivity index is 1.94. The molecule has 1 amide bonds. The number of aliphatic carboxylic acids is 1. The number of benzene rings is 1. The minimum Gasteiger partial charge on any atom is -0.480 e. The second kappa shape index (κ2) is 6.53. The van der Waals surface area contributed by atoms with E-state index in [9.17, 15) is 9.59 Å². The predicted octanol–water partition coefficient (Wildman–Crippen LogP) is 1.52. The number of nitrogens with zero attached hydrogens (tertiary/aromatic N) is 1. The van der Waals surface area contributed by atoms with Crippen LogP contribution in [-0.2, 0) is 14.3 Å². The van der Waals surface area contributed by atoms with Gasteiger partial charge in [-0.2, -0.15) is 0 Å². The topological polar surface area (TPSA) is 80.6 Å². The fraction of sp³-hybridized carbons (Fsp3) is 0.143. The average molecular weight is 274 g/mol. The Morgan fingerprint density at radius 3 is 2.60 bits per heavy atom. The molecule has 0 bridgehead atoms. The van der Waals surface area contributed by atoms with E-state index < -0.39 is 18.5 Å². The standard InChI is InChI=1S/C14H14N2O4/c17-13(9-20-10-14(18)19)15-11-4-3-5-12(8-11)16-6-1-2-7-16/h1-8H,9-10H2,(H,15,17)(H,18,19). The van der Waals surface area contributed by atoms with Gasteiger partial charge in [-0.1, -0.05) is 6.07 Å². The van der Waals surface area contributed by atoms with Crippen LogP contribution < -0.4 is 5.32 Å². The predicted molar refractivity (Wildman–Crippen MR) is 72.9 cm³/mol. The summed E-state index contributed by atoms with van der Waals surface area (Å²) in [7, 11) is 0. The molecule has 0 unspecified atom stereocenters. The summed E-state index contributed by atoms with van der Waals surface area (Å²) in [6.07, 6.45) is 3.80. The van der Waals surface area contributed by atoms with E-state index in [1.165, 1.54) is 0 Å². The molecule has 0 aliphatic rings. The first-order valence-corrected chi connectivity index (χ1v) is 5.98. The molecule has 0 fully saturated rings. The number of hydrogen-bond donors (Lipinski definition) is 2. The van der Waals surface area contributed by atoms with Crippen molar-refractivity contribution in [2.24, 2.45) is 0 Å². The van der Waals surface area contributed by atoms with Gasteiger partial charge in [0.2, 0.25) is 5.91 Å². The number of ether oxygens (including phenoxy) is 1. The molecule has 2 rings (SSSR count). The van der Waals surface area contributed by atoms with Gasteiger partial charge in [-0.25, -0.2) is 4.79 Å². The van der Waals surface area contributed by atoms with E-state index >= 15 is 0 Å². The molecule has 6 heteroatoms. The number of carbonyl (C=O) groups excluding carboxylic acids is 1. The molecule has 0 spiro atoms. The van der Waals surface area contributed by atoms with Crippen molar-refractivity contribution in [3.05, 3.63) is 48.8 Å². The lowest BCUT2D eigenvalue weighted by Crippen LogP contribution is -2.20. The maximum Gasteiger partial charge on any atom is 0.329 e. The molecule has 0 radical (unpaired) electrons. The zero-order valence-corrected chi connectivity index (χ0v) is 10.7. The van der Waals surface area contributed by atoms with E-state index in [0.717, 1.165) is 5.69 Å². The van der Waals surface area contributed by atoms with Crippen molar-refractivity contribution < 1.29 is 19.4 Å². The summed E-state index contributed by atoms with van der Waals surface area (Å²) in [5, 5.41) is 11.0. The molecule has 2 N–H and O–H groups in total. The molecule has 1 aromatic carbocycles. The van der Waals surface area contributed by atoms with Gasteiger partial charge in [0.05, 0.1) is 0 Å². The Bertz CT molecular complexity index is 593. The molecule has 0 saturated heterocycles. The minimum absolute atomic E-state index is 0.292. The first kappa shape index (κ1) is 13.8. The number of aromatic nitrogens is 1. The maximum absolute atomic E-state index is 11.6. The van der Waals surface area contributed by atoms with E-state index in [-0.39, 0.29) is 6.61 Å². The van der Waals surface area contributed by atoms with Gasteiger partial charge in [-0.05, 0) is 30.3 Å². The van der Waals surface area contributed by atoms with Crippen LogP contribution in [-0.4, -0.2) is 34.8 Å². The molecule has 0 aliphatic carbocycles. The molecular formula is C14H14N2O4. The number of hydrogen-bond acceptors (Lipinski definition) is 3. The third-order valence-electron chi connectivity index (χ3n) is 2.49. The lowest BCUT2D eigenvalue weighted by molar-refractivity contribution is -0.143. The maximum atomic E-state index is 11.6. The average Bonchev–Trinajstić information content (AvgIpc) is 2.92. The lowest BCUT2D eigenvalue weighted by Gasteiger charge is -2.08. The molecule has 0 aliphatic heterocycles. The molecule has 6 nitrogen and oxygen atoms in total. The monoisotopic (exact) mass is 274 g/mol. The summed E-state index contributed by atoms with van der Waals surface area (Å²) in [5.74, 6) is -1.50. The Morgan fingerprint density at radius 1 is 1.15 bits per heavy atom. The SMILES string of the molecule is O=C(O)COCC(=O)Nc1cccc(-n2cccc2)c1. The third-order valence-corrected chi connectivity index (χ3v) is 2.49. The zero-order chi connectivity index (χ0) is 14.4. The number of carbonyl (C=O) groups is 2. The van der Waals surface area contributed by atoms with Gasteiger partial charge in [0.1, 0.15) is 13.2 Å². The van der Waals surface area contributed by atoms with Crippen molar-refractivity contribution in [3.8, 4) is 5.69 Å². The first-order chi connectivity index (χ1) is 9.65. The highest BCUT2D eigenvalue weighted by molar-refractivity contribution is 5.92. The highest BCUT2D eigenvalue weighted by Crippen LogP contribution is 2.14. The number of rotatable bonds is 6. The number of nitrogens with one attached hydrogen (secondary N) is 1. The second-order valence-corrected chi connectivity index (χ2v) is 4.08. The fourth-order valence-electron chi connectivity index (χ4n) is 1.68. The van der Waals surface area contributed by atoms with Crippen molar-refractivity contribution in [3.63, 3.8) is 0 Å². The third kappa shape index (κ3) is 3.96. The summed E-state index contributed by atoms with van der Waals surface area (Å²) in [5.41, 5.74) is 1.54. The van der Waals surface area contributed by atoms with Gasteiger partial charge in [0.25, 0.3) is 0 Å². The van der Waals surface area contributed by atoms with Gasteiger partial charge in [0, 0.05) is 23.8 Å². The Morgan fingerprint density at radius 2 is 1.90 bits per heavy atom. The van der Waals surface area contributed by atoms with Gasteiger partial charge in [-0.3, -0.25) is 4.79 Å². The van der Waals surface area contributed by atoms with Crippen LogP contribution in [0.3, 0.4) is 0 Å². The van der Waals surface area contributed by atoms with Crippen LogP contribution >= 0.6 is 0 Å². The fourth-order valence-corrected chi connectivity index (χ4v) is 1.68. The molecule has 2 aromatic rings. The minimum atomic E-state index is -1.10. The normalized spacial score (nSPS) is 10.2. The van der Waals surface area contributed by atoms with Crippen LogP contribution in [0, 0.1) is 0 Å². The highest BCUT2D eigenvalue weighted by Gasteiger charge is 2.05. The second-order valence-electron chi connectivity index (χ2n) is 4.08. The smallest absolute Gasteiger partial charge is 0.329 e. The van der Waals surface area contributed by atoms with E-state index in [1.54, 1.807) is 6.07 Å². The largest absolute Gasteiger partial charge is 0.480 e.